The van der Waals surface area contributed by atoms with Crippen LogP contribution in [0.25, 0.3) is 0 Å². The Morgan fingerprint density at radius 1 is 1.28 bits per heavy atom. The van der Waals surface area contributed by atoms with Gasteiger partial charge in [-0.2, -0.15) is 0 Å². The summed E-state index contributed by atoms with van der Waals surface area (Å²) >= 11 is 0. The van der Waals surface area contributed by atoms with Gasteiger partial charge in [0.25, 0.3) is 0 Å². The standard InChI is InChI=1S/C13H19NO4/c1-16-8-7-10-3-5-11(6-4-10)18-9-12(14)13(15)17-2/h3-6,12H,7-9,14H2,1-2H3. The lowest BCUT2D eigenvalue weighted by molar-refractivity contribution is -0.142. The highest BCUT2D eigenvalue weighted by Gasteiger charge is 2.14. The zero-order chi connectivity index (χ0) is 13.4. The highest BCUT2D eigenvalue weighted by Crippen LogP contribution is 2.12. The minimum Gasteiger partial charge on any atom is -0.491 e. The van der Waals surface area contributed by atoms with Crippen molar-refractivity contribution in [3.8, 4) is 5.75 Å². The van der Waals surface area contributed by atoms with E-state index >= 15 is 0 Å². The zero-order valence-corrected chi connectivity index (χ0v) is 10.7. The summed E-state index contributed by atoms with van der Waals surface area (Å²) < 4.78 is 14.9. The molecule has 0 saturated carbocycles. The first kappa shape index (κ1) is 14.5. The molecule has 0 fully saturated rings. The molecule has 1 aromatic carbocycles. The minimum atomic E-state index is -0.761. The summed E-state index contributed by atoms with van der Waals surface area (Å²) in [7, 11) is 2.97. The second-order valence-electron chi connectivity index (χ2n) is 3.83. The van der Waals surface area contributed by atoms with Crippen molar-refractivity contribution in [1.82, 2.24) is 0 Å². The molecule has 0 spiro atoms. The number of carbonyl (C=O) groups excluding carboxylic acids is 1. The Morgan fingerprint density at radius 3 is 2.50 bits per heavy atom. The van der Waals surface area contributed by atoms with Crippen molar-refractivity contribution >= 4 is 5.97 Å². The van der Waals surface area contributed by atoms with Gasteiger partial charge < -0.3 is 19.9 Å². The van der Waals surface area contributed by atoms with Crippen LogP contribution in [0.1, 0.15) is 5.56 Å². The Kier molecular flexibility index (Phi) is 6.18. The number of benzene rings is 1. The summed E-state index contributed by atoms with van der Waals surface area (Å²) in [6.45, 7) is 0.789. The van der Waals surface area contributed by atoms with Gasteiger partial charge in [0.05, 0.1) is 13.7 Å². The van der Waals surface area contributed by atoms with Crippen LogP contribution in [-0.4, -0.2) is 39.4 Å². The van der Waals surface area contributed by atoms with Crippen LogP contribution in [0.2, 0.25) is 0 Å². The Morgan fingerprint density at radius 2 is 1.94 bits per heavy atom. The lowest BCUT2D eigenvalue weighted by Gasteiger charge is -2.11. The molecule has 2 N–H and O–H groups in total. The zero-order valence-electron chi connectivity index (χ0n) is 10.7. The van der Waals surface area contributed by atoms with Crippen molar-refractivity contribution in [1.29, 1.82) is 0 Å². The second-order valence-corrected chi connectivity index (χ2v) is 3.83. The molecule has 18 heavy (non-hydrogen) atoms. The number of ether oxygens (including phenoxy) is 3. The third kappa shape index (κ3) is 4.73. The SMILES string of the molecule is COCCc1ccc(OCC(N)C(=O)OC)cc1. The van der Waals surface area contributed by atoms with Crippen LogP contribution in [0.3, 0.4) is 0 Å². The van der Waals surface area contributed by atoms with Gasteiger partial charge in [-0.15, -0.1) is 0 Å². The molecule has 0 amide bonds. The van der Waals surface area contributed by atoms with E-state index in [4.69, 9.17) is 15.2 Å². The summed E-state index contributed by atoms with van der Waals surface area (Å²) in [5, 5.41) is 0. The van der Waals surface area contributed by atoms with Crippen LogP contribution in [0, 0.1) is 0 Å². The number of carbonyl (C=O) groups is 1. The monoisotopic (exact) mass is 253 g/mol. The predicted molar refractivity (Wildman–Crippen MR) is 67.5 cm³/mol. The largest absolute Gasteiger partial charge is 0.491 e. The smallest absolute Gasteiger partial charge is 0.326 e. The third-order valence-corrected chi connectivity index (χ3v) is 2.45. The van der Waals surface area contributed by atoms with Gasteiger partial charge in [0, 0.05) is 7.11 Å². The van der Waals surface area contributed by atoms with Crippen molar-refractivity contribution in [2.75, 3.05) is 27.4 Å². The fourth-order valence-electron chi connectivity index (χ4n) is 1.38. The maximum absolute atomic E-state index is 11.1. The predicted octanol–water partition coefficient (Wildman–Crippen LogP) is 0.755. The molecule has 1 atom stereocenters. The Bertz CT molecular complexity index is 364. The molecule has 1 unspecified atom stereocenters. The molecule has 0 aliphatic rings. The highest BCUT2D eigenvalue weighted by atomic mass is 16.5. The number of rotatable bonds is 7. The lowest BCUT2D eigenvalue weighted by atomic mass is 10.1. The maximum atomic E-state index is 11.1. The number of esters is 1. The quantitative estimate of drug-likeness (QED) is 0.726. The Balaban J connectivity index is 2.41. The number of nitrogens with two attached hydrogens (primary N) is 1. The summed E-state index contributed by atoms with van der Waals surface area (Å²) in [4.78, 5) is 11.1. The molecule has 0 aliphatic carbocycles. The van der Waals surface area contributed by atoms with Crippen LogP contribution in [0.5, 0.6) is 5.75 Å². The van der Waals surface area contributed by atoms with Gasteiger partial charge in [0.1, 0.15) is 18.4 Å². The molecule has 0 aliphatic heterocycles. The van der Waals surface area contributed by atoms with E-state index < -0.39 is 12.0 Å². The van der Waals surface area contributed by atoms with Gasteiger partial charge in [-0.1, -0.05) is 12.1 Å². The Hall–Kier alpha value is -1.59. The van der Waals surface area contributed by atoms with Gasteiger partial charge in [-0.25, -0.2) is 0 Å². The summed E-state index contributed by atoms with van der Waals surface area (Å²) in [5.41, 5.74) is 6.72. The summed E-state index contributed by atoms with van der Waals surface area (Å²) in [6, 6.07) is 6.84. The van der Waals surface area contributed by atoms with Crippen LogP contribution >= 0.6 is 0 Å². The van der Waals surface area contributed by atoms with Gasteiger partial charge in [-0.05, 0) is 24.1 Å². The number of hydrogen-bond donors (Lipinski definition) is 1. The molecule has 1 aromatic rings. The van der Waals surface area contributed by atoms with Crippen LogP contribution in [0.4, 0.5) is 0 Å². The topological polar surface area (TPSA) is 70.8 Å². The highest BCUT2D eigenvalue weighted by molar-refractivity contribution is 5.75. The van der Waals surface area contributed by atoms with Crippen LogP contribution < -0.4 is 10.5 Å². The van der Waals surface area contributed by atoms with Crippen LogP contribution in [0.15, 0.2) is 24.3 Å². The molecule has 0 saturated heterocycles. The second kappa shape index (κ2) is 7.68. The van der Waals surface area contributed by atoms with Crippen molar-refractivity contribution in [2.45, 2.75) is 12.5 Å². The van der Waals surface area contributed by atoms with Gasteiger partial charge >= 0.3 is 5.97 Å². The lowest BCUT2D eigenvalue weighted by Crippen LogP contribution is -2.37. The average molecular weight is 253 g/mol. The van der Waals surface area contributed by atoms with Crippen molar-refractivity contribution in [3.05, 3.63) is 29.8 Å². The molecule has 0 radical (unpaired) electrons. The molecular formula is C13H19NO4. The van der Waals surface area contributed by atoms with E-state index in [2.05, 4.69) is 4.74 Å². The summed E-state index contributed by atoms with van der Waals surface area (Å²) in [6.07, 6.45) is 0.860. The van der Waals surface area contributed by atoms with Gasteiger partial charge in [0.2, 0.25) is 0 Å². The first-order valence-electron chi connectivity index (χ1n) is 5.71. The van der Waals surface area contributed by atoms with E-state index in [1.54, 1.807) is 7.11 Å². The fraction of sp³-hybridized carbons (Fsp3) is 0.462. The van der Waals surface area contributed by atoms with E-state index in [0.29, 0.717) is 12.4 Å². The maximum Gasteiger partial charge on any atom is 0.326 e. The summed E-state index contributed by atoms with van der Waals surface area (Å²) in [5.74, 6) is 0.197. The molecule has 0 aromatic heterocycles. The van der Waals surface area contributed by atoms with E-state index in [1.165, 1.54) is 12.7 Å². The van der Waals surface area contributed by atoms with Crippen molar-refractivity contribution in [2.24, 2.45) is 5.73 Å². The van der Waals surface area contributed by atoms with Crippen molar-refractivity contribution < 1.29 is 19.0 Å². The average Bonchev–Trinajstić information content (AvgIpc) is 2.42. The van der Waals surface area contributed by atoms with E-state index in [9.17, 15) is 4.79 Å². The van der Waals surface area contributed by atoms with Gasteiger partial charge in [-0.3, -0.25) is 4.79 Å². The van der Waals surface area contributed by atoms with E-state index in [-0.39, 0.29) is 6.61 Å². The molecule has 0 bridgehead atoms. The van der Waals surface area contributed by atoms with E-state index in [1.807, 2.05) is 24.3 Å². The van der Waals surface area contributed by atoms with Crippen LogP contribution in [-0.2, 0) is 20.7 Å². The molecule has 5 nitrogen and oxygen atoms in total. The first-order chi connectivity index (χ1) is 8.67. The molecule has 100 valence electrons. The van der Waals surface area contributed by atoms with Crippen molar-refractivity contribution in [3.63, 3.8) is 0 Å². The minimum absolute atomic E-state index is 0.101. The van der Waals surface area contributed by atoms with Gasteiger partial charge in [0.15, 0.2) is 0 Å². The Labute approximate surface area is 107 Å². The van der Waals surface area contributed by atoms with E-state index in [0.717, 1.165) is 6.42 Å². The first-order valence-corrected chi connectivity index (χ1v) is 5.71. The molecule has 0 heterocycles. The number of methoxy groups -OCH3 is 2. The number of hydrogen-bond acceptors (Lipinski definition) is 5. The normalized spacial score (nSPS) is 11.9. The molecule has 5 heteroatoms. The molecule has 1 rings (SSSR count). The third-order valence-electron chi connectivity index (χ3n) is 2.45. The molecular weight excluding hydrogens is 234 g/mol. The fourth-order valence-corrected chi connectivity index (χ4v) is 1.38.